The lowest BCUT2D eigenvalue weighted by molar-refractivity contribution is 0.726. The molecule has 23 heavy (non-hydrogen) atoms. The van der Waals surface area contributed by atoms with Crippen LogP contribution in [0.15, 0.2) is 24.5 Å². The van der Waals surface area contributed by atoms with Crippen molar-refractivity contribution in [1.82, 2.24) is 9.97 Å². The number of nitrogens with zero attached hydrogens (tertiary/aromatic N) is 3. The van der Waals surface area contributed by atoms with E-state index in [0.717, 1.165) is 35.2 Å². The first-order chi connectivity index (χ1) is 11.2. The molecule has 1 saturated heterocycles. The molecule has 0 unspecified atom stereocenters. The van der Waals surface area contributed by atoms with Gasteiger partial charge in [-0.05, 0) is 37.5 Å². The van der Waals surface area contributed by atoms with Gasteiger partial charge in [-0.2, -0.15) is 0 Å². The second-order valence-corrected chi connectivity index (χ2v) is 6.31. The van der Waals surface area contributed by atoms with Gasteiger partial charge in [0.15, 0.2) is 11.6 Å². The van der Waals surface area contributed by atoms with Crippen LogP contribution in [0.4, 0.5) is 23.0 Å². The second-order valence-electron chi connectivity index (χ2n) is 5.90. The molecular weight excluding hydrogens is 310 g/mol. The highest BCUT2D eigenvalue weighted by Gasteiger charge is 2.17. The molecule has 0 saturated carbocycles. The Labute approximate surface area is 141 Å². The summed E-state index contributed by atoms with van der Waals surface area (Å²) >= 11 is 6.18. The Hall–Kier alpha value is -2.01. The van der Waals surface area contributed by atoms with Crippen LogP contribution in [0, 0.1) is 6.92 Å². The molecule has 2 heterocycles. The standard InChI is InChI=1S/C17H22ClN5/c1-12-13(18)7-6-8-14(12)22-16-15(19)17(21-11-20-16)23-9-4-2-3-5-10-23/h6-8,11H,2-5,9-10,19H2,1H3,(H,20,21,22). The van der Waals surface area contributed by atoms with Gasteiger partial charge in [0.25, 0.3) is 0 Å². The van der Waals surface area contributed by atoms with E-state index in [9.17, 15) is 0 Å². The van der Waals surface area contributed by atoms with Gasteiger partial charge in [0.1, 0.15) is 12.0 Å². The van der Waals surface area contributed by atoms with Crippen molar-refractivity contribution in [2.75, 3.05) is 29.0 Å². The van der Waals surface area contributed by atoms with E-state index in [4.69, 9.17) is 17.3 Å². The van der Waals surface area contributed by atoms with Crippen LogP contribution in [0.3, 0.4) is 0 Å². The maximum atomic E-state index is 6.34. The highest BCUT2D eigenvalue weighted by Crippen LogP contribution is 2.32. The molecule has 1 fully saturated rings. The van der Waals surface area contributed by atoms with Gasteiger partial charge < -0.3 is 16.0 Å². The van der Waals surface area contributed by atoms with Crippen LogP contribution in [-0.2, 0) is 0 Å². The molecule has 2 aromatic rings. The molecule has 1 aliphatic rings. The molecule has 6 heteroatoms. The number of rotatable bonds is 3. The Morgan fingerprint density at radius 1 is 1.13 bits per heavy atom. The summed E-state index contributed by atoms with van der Waals surface area (Å²) in [7, 11) is 0. The average molecular weight is 332 g/mol. The van der Waals surface area contributed by atoms with E-state index in [0.29, 0.717) is 11.5 Å². The average Bonchev–Trinajstić information content (AvgIpc) is 2.83. The summed E-state index contributed by atoms with van der Waals surface area (Å²) in [5, 5.41) is 4.01. The molecule has 1 aromatic heterocycles. The van der Waals surface area contributed by atoms with E-state index in [1.807, 2.05) is 25.1 Å². The molecule has 1 aromatic carbocycles. The van der Waals surface area contributed by atoms with Crippen molar-refractivity contribution in [3.8, 4) is 0 Å². The van der Waals surface area contributed by atoms with Gasteiger partial charge in [-0.3, -0.25) is 0 Å². The zero-order chi connectivity index (χ0) is 16.2. The largest absolute Gasteiger partial charge is 0.393 e. The van der Waals surface area contributed by atoms with Crippen molar-refractivity contribution in [3.05, 3.63) is 35.1 Å². The minimum atomic E-state index is 0.591. The lowest BCUT2D eigenvalue weighted by Crippen LogP contribution is -2.26. The first-order valence-corrected chi connectivity index (χ1v) is 8.42. The predicted octanol–water partition coefficient (Wildman–Crippen LogP) is 4.14. The molecular formula is C17H22ClN5. The third kappa shape index (κ3) is 3.50. The smallest absolute Gasteiger partial charge is 0.159 e. The van der Waals surface area contributed by atoms with E-state index in [2.05, 4.69) is 20.2 Å². The summed E-state index contributed by atoms with van der Waals surface area (Å²) in [5.41, 5.74) is 8.81. The van der Waals surface area contributed by atoms with Crippen molar-refractivity contribution in [3.63, 3.8) is 0 Å². The minimum Gasteiger partial charge on any atom is -0.393 e. The number of hydrogen-bond acceptors (Lipinski definition) is 5. The second kappa shape index (κ2) is 7.04. The normalized spacial score (nSPS) is 15.3. The van der Waals surface area contributed by atoms with E-state index in [-0.39, 0.29) is 0 Å². The number of nitrogens with two attached hydrogens (primary N) is 1. The number of nitrogens with one attached hydrogen (secondary N) is 1. The molecule has 122 valence electrons. The van der Waals surface area contributed by atoms with Crippen molar-refractivity contribution >= 4 is 34.6 Å². The van der Waals surface area contributed by atoms with Gasteiger partial charge in [-0.15, -0.1) is 0 Å². The molecule has 0 atom stereocenters. The van der Waals surface area contributed by atoms with Crippen LogP contribution in [0.5, 0.6) is 0 Å². The Kier molecular flexibility index (Phi) is 4.86. The highest BCUT2D eigenvalue weighted by atomic mass is 35.5. The fourth-order valence-corrected chi connectivity index (χ4v) is 3.07. The van der Waals surface area contributed by atoms with E-state index >= 15 is 0 Å². The lowest BCUT2D eigenvalue weighted by Gasteiger charge is -2.23. The monoisotopic (exact) mass is 331 g/mol. The Bertz CT molecular complexity index is 681. The third-order valence-corrected chi connectivity index (χ3v) is 4.70. The summed E-state index contributed by atoms with van der Waals surface area (Å²) in [5.74, 6) is 1.45. The maximum absolute atomic E-state index is 6.34. The molecule has 0 aliphatic carbocycles. The number of hydrogen-bond donors (Lipinski definition) is 2. The number of halogens is 1. The van der Waals surface area contributed by atoms with Gasteiger partial charge in [0.05, 0.1) is 0 Å². The quantitative estimate of drug-likeness (QED) is 0.884. The summed E-state index contributed by atoms with van der Waals surface area (Å²) in [6.07, 6.45) is 6.47. The Morgan fingerprint density at radius 2 is 1.87 bits per heavy atom. The Balaban J connectivity index is 1.88. The van der Waals surface area contributed by atoms with Crippen LogP contribution in [0.1, 0.15) is 31.2 Å². The topological polar surface area (TPSA) is 67.1 Å². The van der Waals surface area contributed by atoms with Crippen molar-refractivity contribution in [2.45, 2.75) is 32.6 Å². The zero-order valence-corrected chi connectivity index (χ0v) is 14.1. The molecule has 0 spiro atoms. The molecule has 3 N–H and O–H groups in total. The van der Waals surface area contributed by atoms with Gasteiger partial charge in [0, 0.05) is 23.8 Å². The fourth-order valence-electron chi connectivity index (χ4n) is 2.89. The SMILES string of the molecule is Cc1c(Cl)cccc1Nc1ncnc(N2CCCCCC2)c1N. The predicted molar refractivity (Wildman–Crippen MR) is 96.6 cm³/mol. The molecule has 3 rings (SSSR count). The number of benzene rings is 1. The molecule has 0 amide bonds. The number of aromatic nitrogens is 2. The zero-order valence-electron chi connectivity index (χ0n) is 13.3. The Morgan fingerprint density at radius 3 is 2.61 bits per heavy atom. The maximum Gasteiger partial charge on any atom is 0.159 e. The number of nitrogen functional groups attached to an aromatic ring is 1. The van der Waals surface area contributed by atoms with E-state index in [1.54, 1.807) is 6.33 Å². The van der Waals surface area contributed by atoms with Gasteiger partial charge in [-0.1, -0.05) is 30.5 Å². The van der Waals surface area contributed by atoms with E-state index in [1.165, 1.54) is 25.7 Å². The fraction of sp³-hybridized carbons (Fsp3) is 0.412. The molecule has 5 nitrogen and oxygen atoms in total. The van der Waals surface area contributed by atoms with Crippen LogP contribution in [0.2, 0.25) is 5.02 Å². The lowest BCUT2D eigenvalue weighted by atomic mass is 10.2. The van der Waals surface area contributed by atoms with Gasteiger partial charge in [0.2, 0.25) is 0 Å². The van der Waals surface area contributed by atoms with Crippen molar-refractivity contribution < 1.29 is 0 Å². The summed E-state index contributed by atoms with van der Waals surface area (Å²) in [6, 6.07) is 5.74. The van der Waals surface area contributed by atoms with Gasteiger partial charge in [-0.25, -0.2) is 9.97 Å². The summed E-state index contributed by atoms with van der Waals surface area (Å²) in [4.78, 5) is 11.0. The minimum absolute atomic E-state index is 0.591. The van der Waals surface area contributed by atoms with E-state index < -0.39 is 0 Å². The summed E-state index contributed by atoms with van der Waals surface area (Å²) in [6.45, 7) is 3.96. The first-order valence-electron chi connectivity index (χ1n) is 8.04. The van der Waals surface area contributed by atoms with Crippen LogP contribution >= 0.6 is 11.6 Å². The van der Waals surface area contributed by atoms with Crippen molar-refractivity contribution in [2.24, 2.45) is 0 Å². The number of anilines is 4. The molecule has 0 bridgehead atoms. The van der Waals surface area contributed by atoms with Crippen LogP contribution < -0.4 is 16.0 Å². The van der Waals surface area contributed by atoms with Gasteiger partial charge >= 0.3 is 0 Å². The van der Waals surface area contributed by atoms with Crippen LogP contribution in [-0.4, -0.2) is 23.1 Å². The highest BCUT2D eigenvalue weighted by molar-refractivity contribution is 6.31. The first kappa shape index (κ1) is 15.9. The van der Waals surface area contributed by atoms with Crippen molar-refractivity contribution in [1.29, 1.82) is 0 Å². The summed E-state index contributed by atoms with van der Waals surface area (Å²) < 4.78 is 0. The van der Waals surface area contributed by atoms with Crippen LogP contribution in [0.25, 0.3) is 0 Å². The molecule has 0 radical (unpaired) electrons. The third-order valence-electron chi connectivity index (χ3n) is 4.29. The molecule has 1 aliphatic heterocycles.